The standard InChI is InChI=1S/C17H16N4O2S/c1-11-18-14(10-24-11)17(22)21-8-7-13(9-21)15-19-16(23-20-15)12-5-3-2-4-6-12/h2-6,10,13H,7-9H2,1H3. The van der Waals surface area contributed by atoms with E-state index in [0.717, 1.165) is 17.0 Å². The summed E-state index contributed by atoms with van der Waals surface area (Å²) in [6.07, 6.45) is 0.836. The molecule has 1 amide bonds. The Morgan fingerprint density at radius 3 is 2.88 bits per heavy atom. The molecule has 1 fully saturated rings. The SMILES string of the molecule is Cc1nc(C(=O)N2CCC(c3noc(-c4ccccc4)n3)C2)cs1. The van der Waals surface area contributed by atoms with E-state index < -0.39 is 0 Å². The van der Waals surface area contributed by atoms with Crippen LogP contribution in [0.4, 0.5) is 0 Å². The Hall–Kier alpha value is -2.54. The topological polar surface area (TPSA) is 72.1 Å². The molecule has 7 heteroatoms. The molecule has 0 bridgehead atoms. The summed E-state index contributed by atoms with van der Waals surface area (Å²) in [5, 5.41) is 6.82. The van der Waals surface area contributed by atoms with Crippen molar-refractivity contribution in [3.63, 3.8) is 0 Å². The van der Waals surface area contributed by atoms with Gasteiger partial charge in [-0.3, -0.25) is 4.79 Å². The van der Waals surface area contributed by atoms with Crippen LogP contribution in [-0.4, -0.2) is 39.0 Å². The van der Waals surface area contributed by atoms with Crippen molar-refractivity contribution in [1.29, 1.82) is 0 Å². The molecular weight excluding hydrogens is 324 g/mol. The Kier molecular flexibility index (Phi) is 3.86. The third-order valence-electron chi connectivity index (χ3n) is 4.14. The van der Waals surface area contributed by atoms with Crippen LogP contribution >= 0.6 is 11.3 Å². The molecule has 6 nitrogen and oxygen atoms in total. The quantitative estimate of drug-likeness (QED) is 0.732. The summed E-state index contributed by atoms with van der Waals surface area (Å²) in [7, 11) is 0. The van der Waals surface area contributed by atoms with E-state index in [1.165, 1.54) is 11.3 Å². The average molecular weight is 340 g/mol. The zero-order chi connectivity index (χ0) is 16.5. The number of aryl methyl sites for hydroxylation is 1. The Balaban J connectivity index is 1.47. The maximum Gasteiger partial charge on any atom is 0.273 e. The lowest BCUT2D eigenvalue weighted by atomic mass is 10.1. The highest BCUT2D eigenvalue weighted by Crippen LogP contribution is 2.28. The normalized spacial score (nSPS) is 17.4. The molecule has 2 aromatic heterocycles. The fourth-order valence-electron chi connectivity index (χ4n) is 2.88. The van der Waals surface area contributed by atoms with Crippen LogP contribution in [0.3, 0.4) is 0 Å². The number of nitrogens with zero attached hydrogens (tertiary/aromatic N) is 4. The van der Waals surface area contributed by atoms with Crippen LogP contribution in [0.25, 0.3) is 11.5 Å². The van der Waals surface area contributed by atoms with Gasteiger partial charge in [0, 0.05) is 30.0 Å². The third-order valence-corrected chi connectivity index (χ3v) is 4.91. The molecule has 4 rings (SSSR count). The van der Waals surface area contributed by atoms with E-state index in [1.54, 1.807) is 0 Å². The highest BCUT2D eigenvalue weighted by atomic mass is 32.1. The monoisotopic (exact) mass is 340 g/mol. The summed E-state index contributed by atoms with van der Waals surface area (Å²) in [6, 6.07) is 9.69. The maximum absolute atomic E-state index is 12.5. The molecule has 122 valence electrons. The van der Waals surface area contributed by atoms with Gasteiger partial charge in [-0.05, 0) is 25.5 Å². The predicted molar refractivity (Wildman–Crippen MR) is 89.8 cm³/mol. The van der Waals surface area contributed by atoms with Gasteiger partial charge in [-0.1, -0.05) is 23.4 Å². The first-order chi connectivity index (χ1) is 11.7. The van der Waals surface area contributed by atoms with Gasteiger partial charge in [0.05, 0.1) is 5.01 Å². The molecule has 24 heavy (non-hydrogen) atoms. The van der Waals surface area contributed by atoms with Gasteiger partial charge in [-0.2, -0.15) is 4.98 Å². The second-order valence-corrected chi connectivity index (χ2v) is 6.87. The molecule has 0 radical (unpaired) electrons. The molecular formula is C17H16N4O2S. The lowest BCUT2D eigenvalue weighted by molar-refractivity contribution is 0.0785. The number of carbonyl (C=O) groups is 1. The minimum absolute atomic E-state index is 0.0198. The molecule has 1 aliphatic heterocycles. The van der Waals surface area contributed by atoms with Gasteiger partial charge in [0.1, 0.15) is 5.69 Å². The zero-order valence-electron chi connectivity index (χ0n) is 13.2. The minimum atomic E-state index is -0.0198. The predicted octanol–water partition coefficient (Wildman–Crippen LogP) is 3.13. The number of thiazole rings is 1. The Morgan fingerprint density at radius 2 is 2.12 bits per heavy atom. The lowest BCUT2D eigenvalue weighted by Crippen LogP contribution is -2.28. The highest BCUT2D eigenvalue weighted by molar-refractivity contribution is 7.09. The minimum Gasteiger partial charge on any atom is -0.337 e. The van der Waals surface area contributed by atoms with Gasteiger partial charge >= 0.3 is 0 Å². The molecule has 3 heterocycles. The number of hydrogen-bond donors (Lipinski definition) is 0. The van der Waals surface area contributed by atoms with Crippen molar-refractivity contribution >= 4 is 17.2 Å². The lowest BCUT2D eigenvalue weighted by Gasteiger charge is -2.13. The van der Waals surface area contributed by atoms with Crippen LogP contribution < -0.4 is 0 Å². The van der Waals surface area contributed by atoms with Crippen LogP contribution in [0.1, 0.15) is 33.7 Å². The third kappa shape index (κ3) is 2.82. The van der Waals surface area contributed by atoms with E-state index in [4.69, 9.17) is 4.52 Å². The number of likely N-dealkylation sites (tertiary alicyclic amines) is 1. The van der Waals surface area contributed by atoms with Gasteiger partial charge in [-0.25, -0.2) is 4.98 Å². The number of carbonyl (C=O) groups excluding carboxylic acids is 1. The van der Waals surface area contributed by atoms with Crippen LogP contribution in [0.15, 0.2) is 40.2 Å². The van der Waals surface area contributed by atoms with Crippen LogP contribution in [0.5, 0.6) is 0 Å². The first kappa shape index (κ1) is 15.0. The highest BCUT2D eigenvalue weighted by Gasteiger charge is 2.31. The van der Waals surface area contributed by atoms with E-state index in [2.05, 4.69) is 15.1 Å². The van der Waals surface area contributed by atoms with Crippen molar-refractivity contribution < 1.29 is 9.32 Å². The van der Waals surface area contributed by atoms with Crippen molar-refractivity contribution in [3.05, 3.63) is 52.2 Å². The number of hydrogen-bond acceptors (Lipinski definition) is 6. The maximum atomic E-state index is 12.5. The number of rotatable bonds is 3. The summed E-state index contributed by atoms with van der Waals surface area (Å²) in [5.74, 6) is 1.27. The first-order valence-corrected chi connectivity index (χ1v) is 8.69. The van der Waals surface area contributed by atoms with Crippen LogP contribution in [-0.2, 0) is 0 Å². The fraction of sp³-hybridized carbons (Fsp3) is 0.294. The van der Waals surface area contributed by atoms with Gasteiger partial charge < -0.3 is 9.42 Å². The smallest absolute Gasteiger partial charge is 0.273 e. The molecule has 0 saturated carbocycles. The van der Waals surface area contributed by atoms with E-state index >= 15 is 0 Å². The second kappa shape index (κ2) is 6.16. The average Bonchev–Trinajstić information content (AvgIpc) is 3.35. The van der Waals surface area contributed by atoms with E-state index in [0.29, 0.717) is 30.5 Å². The number of benzene rings is 1. The molecule has 1 saturated heterocycles. The van der Waals surface area contributed by atoms with Gasteiger partial charge in [0.25, 0.3) is 11.8 Å². The van der Waals surface area contributed by atoms with E-state index in [9.17, 15) is 4.79 Å². The van der Waals surface area contributed by atoms with E-state index in [1.807, 2.05) is 47.5 Å². The van der Waals surface area contributed by atoms with Gasteiger partial charge in [0.15, 0.2) is 5.82 Å². The van der Waals surface area contributed by atoms with Crippen molar-refractivity contribution in [2.75, 3.05) is 13.1 Å². The summed E-state index contributed by atoms with van der Waals surface area (Å²) >= 11 is 1.49. The largest absolute Gasteiger partial charge is 0.337 e. The Labute approximate surface area is 143 Å². The zero-order valence-corrected chi connectivity index (χ0v) is 14.0. The Morgan fingerprint density at radius 1 is 1.29 bits per heavy atom. The second-order valence-electron chi connectivity index (χ2n) is 5.81. The molecule has 1 atom stereocenters. The van der Waals surface area contributed by atoms with Gasteiger partial charge in [-0.15, -0.1) is 11.3 Å². The van der Waals surface area contributed by atoms with E-state index in [-0.39, 0.29) is 11.8 Å². The first-order valence-electron chi connectivity index (χ1n) is 7.81. The molecule has 0 spiro atoms. The molecule has 0 aliphatic carbocycles. The number of amides is 1. The Bertz CT molecular complexity index is 858. The summed E-state index contributed by atoms with van der Waals surface area (Å²) in [5.41, 5.74) is 1.43. The fourth-order valence-corrected chi connectivity index (χ4v) is 3.46. The molecule has 1 aliphatic rings. The van der Waals surface area contributed by atoms with Gasteiger partial charge in [0.2, 0.25) is 0 Å². The molecule has 1 aromatic carbocycles. The summed E-state index contributed by atoms with van der Waals surface area (Å²) < 4.78 is 5.37. The molecule has 3 aromatic rings. The van der Waals surface area contributed by atoms with Crippen LogP contribution in [0, 0.1) is 6.92 Å². The summed E-state index contributed by atoms with van der Waals surface area (Å²) in [6.45, 7) is 3.19. The molecule has 0 N–H and O–H groups in total. The van der Waals surface area contributed by atoms with Crippen molar-refractivity contribution in [1.82, 2.24) is 20.0 Å². The number of aromatic nitrogens is 3. The molecule has 1 unspecified atom stereocenters. The van der Waals surface area contributed by atoms with Crippen molar-refractivity contribution in [2.24, 2.45) is 0 Å². The summed E-state index contributed by atoms with van der Waals surface area (Å²) in [4.78, 5) is 23.1. The van der Waals surface area contributed by atoms with Crippen LogP contribution in [0.2, 0.25) is 0 Å². The van der Waals surface area contributed by atoms with Crippen molar-refractivity contribution in [3.8, 4) is 11.5 Å². The van der Waals surface area contributed by atoms with Crippen molar-refractivity contribution in [2.45, 2.75) is 19.3 Å².